The molecule has 2 rings (SSSR count). The van der Waals surface area contributed by atoms with Gasteiger partial charge in [-0.05, 0) is 19.1 Å². The summed E-state index contributed by atoms with van der Waals surface area (Å²) in [4.78, 5) is 15.3. The first-order chi connectivity index (χ1) is 7.66. The van der Waals surface area contributed by atoms with E-state index in [1.807, 2.05) is 12.1 Å². The smallest absolute Gasteiger partial charge is 0.347 e. The summed E-state index contributed by atoms with van der Waals surface area (Å²) in [5.74, 6) is 0.605. The lowest BCUT2D eigenvalue weighted by Gasteiger charge is -1.92. The molecule has 4 nitrogen and oxygen atoms in total. The van der Waals surface area contributed by atoms with Crippen molar-refractivity contribution in [1.29, 1.82) is 0 Å². The second kappa shape index (κ2) is 4.71. The molecule has 0 atom stereocenters. The number of nitrogens with zero attached hydrogens (tertiary/aromatic N) is 1. The van der Waals surface area contributed by atoms with Crippen LogP contribution in [0.15, 0.2) is 27.2 Å². The molecule has 0 bridgehead atoms. The maximum atomic E-state index is 10.8. The summed E-state index contributed by atoms with van der Waals surface area (Å²) in [5, 5.41) is 8.87. The third-order valence-electron chi connectivity index (χ3n) is 1.89. The maximum Gasteiger partial charge on any atom is 0.347 e. The van der Waals surface area contributed by atoms with Gasteiger partial charge in [0.1, 0.15) is 10.6 Å². The summed E-state index contributed by atoms with van der Waals surface area (Å²) in [6, 6.07) is 3.71. The van der Waals surface area contributed by atoms with Crippen molar-refractivity contribution in [1.82, 2.24) is 4.98 Å². The van der Waals surface area contributed by atoms with E-state index in [0.29, 0.717) is 16.3 Å². The molecule has 0 aliphatic heterocycles. The minimum absolute atomic E-state index is 0.307. The highest BCUT2D eigenvalue weighted by Gasteiger charge is 2.14. The lowest BCUT2D eigenvalue weighted by Crippen LogP contribution is -1.94. The van der Waals surface area contributed by atoms with E-state index in [9.17, 15) is 4.79 Å². The number of carbonyl (C=O) groups is 1. The summed E-state index contributed by atoms with van der Waals surface area (Å²) in [6.45, 7) is 1.71. The van der Waals surface area contributed by atoms with Gasteiger partial charge in [-0.1, -0.05) is 11.8 Å². The minimum Gasteiger partial charge on any atom is -0.477 e. The fraction of sp³-hybridized carbons (Fsp3) is 0.200. The van der Waals surface area contributed by atoms with Crippen LogP contribution >= 0.6 is 23.1 Å². The van der Waals surface area contributed by atoms with Crippen molar-refractivity contribution in [3.8, 4) is 0 Å². The number of carboxylic acids is 1. The second-order valence-electron chi connectivity index (χ2n) is 3.07. The van der Waals surface area contributed by atoms with Gasteiger partial charge in [0.05, 0.1) is 17.7 Å². The standard InChI is InChI=1S/C10H9NO3S2/c1-6-8(9(12)13)16-10(11-6)15-5-7-3-2-4-14-7/h2-4H,5H2,1H3,(H,12,13). The second-order valence-corrected chi connectivity index (χ2v) is 5.29. The summed E-state index contributed by atoms with van der Waals surface area (Å²) in [6.07, 6.45) is 1.62. The number of aromatic carboxylic acids is 1. The summed E-state index contributed by atoms with van der Waals surface area (Å²) in [5.41, 5.74) is 0.569. The maximum absolute atomic E-state index is 10.8. The molecule has 84 valence electrons. The molecule has 0 saturated carbocycles. The first-order valence-electron chi connectivity index (χ1n) is 4.52. The highest BCUT2D eigenvalue weighted by molar-refractivity contribution is 8.00. The number of furan rings is 1. The van der Waals surface area contributed by atoms with Crippen molar-refractivity contribution >= 4 is 29.1 Å². The van der Waals surface area contributed by atoms with Gasteiger partial charge in [0.25, 0.3) is 0 Å². The fourth-order valence-electron chi connectivity index (χ4n) is 1.16. The average Bonchev–Trinajstić information content (AvgIpc) is 2.83. The van der Waals surface area contributed by atoms with Crippen LogP contribution in [0.25, 0.3) is 0 Å². The Labute approximate surface area is 100 Å². The summed E-state index contributed by atoms with van der Waals surface area (Å²) in [7, 11) is 0. The molecule has 0 fully saturated rings. The van der Waals surface area contributed by atoms with E-state index in [1.54, 1.807) is 13.2 Å². The van der Waals surface area contributed by atoms with Crippen LogP contribution in [-0.4, -0.2) is 16.1 Å². The Morgan fingerprint density at radius 1 is 1.69 bits per heavy atom. The molecule has 16 heavy (non-hydrogen) atoms. The molecule has 0 radical (unpaired) electrons. The van der Waals surface area contributed by atoms with Crippen molar-refractivity contribution in [2.45, 2.75) is 17.0 Å². The monoisotopic (exact) mass is 255 g/mol. The highest BCUT2D eigenvalue weighted by atomic mass is 32.2. The zero-order chi connectivity index (χ0) is 11.5. The van der Waals surface area contributed by atoms with E-state index >= 15 is 0 Å². The van der Waals surface area contributed by atoms with Crippen LogP contribution < -0.4 is 0 Å². The number of rotatable bonds is 4. The van der Waals surface area contributed by atoms with Crippen molar-refractivity contribution in [3.63, 3.8) is 0 Å². The van der Waals surface area contributed by atoms with Crippen molar-refractivity contribution < 1.29 is 14.3 Å². The molecule has 2 aromatic rings. The van der Waals surface area contributed by atoms with Crippen molar-refractivity contribution in [3.05, 3.63) is 34.7 Å². The van der Waals surface area contributed by atoms with Gasteiger partial charge in [-0.3, -0.25) is 0 Å². The van der Waals surface area contributed by atoms with Crippen LogP contribution in [0.2, 0.25) is 0 Å². The largest absolute Gasteiger partial charge is 0.477 e. The number of thiazole rings is 1. The van der Waals surface area contributed by atoms with Gasteiger partial charge in [-0.15, -0.1) is 11.3 Å². The van der Waals surface area contributed by atoms with E-state index in [1.165, 1.54) is 23.1 Å². The number of thioether (sulfide) groups is 1. The molecule has 0 aliphatic rings. The van der Waals surface area contributed by atoms with E-state index < -0.39 is 5.97 Å². The van der Waals surface area contributed by atoms with Gasteiger partial charge in [0, 0.05) is 0 Å². The zero-order valence-corrected chi connectivity index (χ0v) is 10.1. The minimum atomic E-state index is -0.917. The fourth-order valence-corrected chi connectivity index (χ4v) is 3.09. The van der Waals surface area contributed by atoms with Crippen molar-refractivity contribution in [2.24, 2.45) is 0 Å². The molecule has 0 unspecified atom stereocenters. The Morgan fingerprint density at radius 2 is 2.50 bits per heavy atom. The first-order valence-corrected chi connectivity index (χ1v) is 6.33. The van der Waals surface area contributed by atoms with Crippen LogP contribution in [0.1, 0.15) is 21.1 Å². The number of aryl methyl sites for hydroxylation is 1. The third kappa shape index (κ3) is 2.45. The Bertz CT molecular complexity index is 490. The van der Waals surface area contributed by atoms with E-state index in [-0.39, 0.29) is 0 Å². The molecule has 0 saturated heterocycles. The molecular weight excluding hydrogens is 246 g/mol. The molecule has 2 aromatic heterocycles. The van der Waals surface area contributed by atoms with Gasteiger partial charge in [-0.25, -0.2) is 9.78 Å². The van der Waals surface area contributed by atoms with Crippen molar-refractivity contribution in [2.75, 3.05) is 0 Å². The molecule has 1 N–H and O–H groups in total. The molecule has 0 aromatic carbocycles. The number of hydrogen-bond donors (Lipinski definition) is 1. The lowest BCUT2D eigenvalue weighted by molar-refractivity contribution is 0.0701. The Kier molecular flexibility index (Phi) is 3.31. The van der Waals surface area contributed by atoms with Gasteiger partial charge in [0.2, 0.25) is 0 Å². The van der Waals surface area contributed by atoms with E-state index in [2.05, 4.69) is 4.98 Å². The molecular formula is C10H9NO3S2. The number of aromatic nitrogens is 1. The van der Waals surface area contributed by atoms with Gasteiger partial charge in [0.15, 0.2) is 4.34 Å². The lowest BCUT2D eigenvalue weighted by atomic mass is 10.4. The quantitative estimate of drug-likeness (QED) is 0.851. The Hall–Kier alpha value is -1.27. The Morgan fingerprint density at radius 3 is 3.06 bits per heavy atom. The molecule has 0 spiro atoms. The van der Waals surface area contributed by atoms with E-state index in [4.69, 9.17) is 9.52 Å². The molecule has 6 heteroatoms. The van der Waals surface area contributed by atoms with Gasteiger partial charge in [-0.2, -0.15) is 0 Å². The van der Waals surface area contributed by atoms with Crippen LogP contribution in [0.3, 0.4) is 0 Å². The zero-order valence-electron chi connectivity index (χ0n) is 8.47. The number of hydrogen-bond acceptors (Lipinski definition) is 5. The van der Waals surface area contributed by atoms with Crippen LogP contribution in [0.5, 0.6) is 0 Å². The predicted octanol–water partition coefficient (Wildman–Crippen LogP) is 3.04. The predicted molar refractivity (Wildman–Crippen MR) is 62.1 cm³/mol. The third-order valence-corrected chi connectivity index (χ3v) is 4.20. The first kappa shape index (κ1) is 11.2. The topological polar surface area (TPSA) is 63.3 Å². The van der Waals surface area contributed by atoms with Gasteiger partial charge < -0.3 is 9.52 Å². The normalized spacial score (nSPS) is 10.6. The molecule has 2 heterocycles. The average molecular weight is 255 g/mol. The van der Waals surface area contributed by atoms with Gasteiger partial charge >= 0.3 is 5.97 Å². The number of carboxylic acid groups (broad SMARTS) is 1. The highest BCUT2D eigenvalue weighted by Crippen LogP contribution is 2.29. The van der Waals surface area contributed by atoms with Crippen LogP contribution in [-0.2, 0) is 5.75 Å². The molecule has 0 amide bonds. The SMILES string of the molecule is Cc1nc(SCc2ccco2)sc1C(=O)O. The van der Waals surface area contributed by atoms with Crippen LogP contribution in [0.4, 0.5) is 0 Å². The van der Waals surface area contributed by atoms with Crippen LogP contribution in [0, 0.1) is 6.92 Å². The Balaban J connectivity index is 2.05. The molecule has 0 aliphatic carbocycles. The summed E-state index contributed by atoms with van der Waals surface area (Å²) >= 11 is 2.68. The summed E-state index contributed by atoms with van der Waals surface area (Å²) < 4.78 is 5.94. The van der Waals surface area contributed by atoms with E-state index in [0.717, 1.165) is 10.1 Å².